The van der Waals surface area contributed by atoms with Gasteiger partial charge in [-0.2, -0.15) is 0 Å². The van der Waals surface area contributed by atoms with Crippen molar-refractivity contribution in [2.24, 2.45) is 0 Å². The Morgan fingerprint density at radius 1 is 1.12 bits per heavy atom. The molecule has 5 heteroatoms. The molecule has 0 bridgehead atoms. The lowest BCUT2D eigenvalue weighted by Crippen LogP contribution is -2.10. The number of methoxy groups -OCH3 is 1. The third kappa shape index (κ3) is 3.29. The average molecular weight is 342 g/mol. The Kier molecular flexibility index (Phi) is 4.58. The predicted octanol–water partition coefficient (Wildman–Crippen LogP) is 5.08. The van der Waals surface area contributed by atoms with Gasteiger partial charge in [0.25, 0.3) is 0 Å². The molecule has 0 radical (unpaired) electrons. The Hall–Kier alpha value is -2.33. The van der Waals surface area contributed by atoms with Crippen molar-refractivity contribution in [1.82, 2.24) is 9.97 Å². The predicted molar refractivity (Wildman–Crippen MR) is 99.1 cm³/mol. The molecule has 4 nitrogen and oxygen atoms in total. The zero-order valence-corrected chi connectivity index (χ0v) is 15.0. The van der Waals surface area contributed by atoms with Gasteiger partial charge in [-0.15, -0.1) is 0 Å². The number of aromatic nitrogens is 2. The Bertz CT molecular complexity index is 895. The van der Waals surface area contributed by atoms with E-state index in [0.29, 0.717) is 0 Å². The van der Waals surface area contributed by atoms with Crippen molar-refractivity contribution < 1.29 is 4.74 Å². The van der Waals surface area contributed by atoms with Gasteiger partial charge in [0.2, 0.25) is 0 Å². The van der Waals surface area contributed by atoms with Gasteiger partial charge in [0.1, 0.15) is 17.4 Å². The third-order valence-electron chi connectivity index (χ3n) is 4.01. The molecule has 0 amide bonds. The van der Waals surface area contributed by atoms with Crippen molar-refractivity contribution >= 4 is 28.3 Å². The molecule has 24 heavy (non-hydrogen) atoms. The maximum Gasteiger partial charge on any atom is 0.138 e. The molecular weight excluding hydrogens is 322 g/mol. The summed E-state index contributed by atoms with van der Waals surface area (Å²) in [5.41, 5.74) is 3.10. The number of anilines is 1. The van der Waals surface area contributed by atoms with E-state index in [4.69, 9.17) is 16.3 Å². The molecule has 0 aliphatic rings. The number of hydrogen-bond donors (Lipinski definition) is 1. The molecule has 3 rings (SSSR count). The summed E-state index contributed by atoms with van der Waals surface area (Å²) in [6.45, 7) is 6.02. The Morgan fingerprint density at radius 3 is 2.62 bits per heavy atom. The molecule has 0 fully saturated rings. The van der Waals surface area contributed by atoms with E-state index in [9.17, 15) is 0 Å². The summed E-state index contributed by atoms with van der Waals surface area (Å²) in [6.07, 6.45) is 0. The molecule has 0 saturated heterocycles. The summed E-state index contributed by atoms with van der Waals surface area (Å²) in [7, 11) is 1.66. The van der Waals surface area contributed by atoms with Crippen LogP contribution in [0.3, 0.4) is 0 Å². The molecule has 1 atom stereocenters. The molecule has 1 heterocycles. The summed E-state index contributed by atoms with van der Waals surface area (Å²) in [4.78, 5) is 9.17. The van der Waals surface area contributed by atoms with Crippen LogP contribution in [0.15, 0.2) is 36.4 Å². The SMILES string of the molecule is COc1cc(C)c2nc(C)nc(N[C@H](C)c3cccc(Cl)c3)c2c1. The molecular formula is C19H20ClN3O. The van der Waals surface area contributed by atoms with Gasteiger partial charge in [-0.05, 0) is 56.2 Å². The van der Waals surface area contributed by atoms with Crippen LogP contribution in [0.5, 0.6) is 5.75 Å². The van der Waals surface area contributed by atoms with Gasteiger partial charge < -0.3 is 10.1 Å². The van der Waals surface area contributed by atoms with Crippen LogP contribution < -0.4 is 10.1 Å². The number of halogens is 1. The summed E-state index contributed by atoms with van der Waals surface area (Å²) in [5, 5.41) is 5.16. The minimum atomic E-state index is 0.0627. The van der Waals surface area contributed by atoms with Gasteiger partial charge in [-0.25, -0.2) is 9.97 Å². The molecule has 0 saturated carbocycles. The van der Waals surface area contributed by atoms with Crippen molar-refractivity contribution in [2.75, 3.05) is 12.4 Å². The summed E-state index contributed by atoms with van der Waals surface area (Å²) >= 11 is 6.10. The number of nitrogens with one attached hydrogen (secondary N) is 1. The van der Waals surface area contributed by atoms with Crippen LogP contribution in [0.4, 0.5) is 5.82 Å². The van der Waals surface area contributed by atoms with Gasteiger partial charge in [-0.3, -0.25) is 0 Å². The summed E-state index contributed by atoms with van der Waals surface area (Å²) < 4.78 is 5.39. The number of rotatable bonds is 4. The highest BCUT2D eigenvalue weighted by molar-refractivity contribution is 6.30. The third-order valence-corrected chi connectivity index (χ3v) is 4.25. The molecule has 124 valence electrons. The molecule has 2 aromatic carbocycles. The first-order valence-electron chi connectivity index (χ1n) is 7.83. The zero-order valence-electron chi connectivity index (χ0n) is 14.2. The molecule has 1 N–H and O–H groups in total. The zero-order chi connectivity index (χ0) is 17.3. The molecule has 3 aromatic rings. The number of ether oxygens (including phenoxy) is 1. The highest BCUT2D eigenvalue weighted by Gasteiger charge is 2.13. The minimum absolute atomic E-state index is 0.0627. The fourth-order valence-corrected chi connectivity index (χ4v) is 2.98. The van der Waals surface area contributed by atoms with Crippen LogP contribution in [0, 0.1) is 13.8 Å². The average Bonchev–Trinajstić information content (AvgIpc) is 2.55. The van der Waals surface area contributed by atoms with E-state index in [2.05, 4.69) is 22.2 Å². The second-order valence-electron chi connectivity index (χ2n) is 5.88. The van der Waals surface area contributed by atoms with E-state index in [-0.39, 0.29) is 6.04 Å². The number of hydrogen-bond acceptors (Lipinski definition) is 4. The van der Waals surface area contributed by atoms with E-state index in [1.807, 2.05) is 50.2 Å². The van der Waals surface area contributed by atoms with E-state index in [1.165, 1.54) is 0 Å². The number of benzene rings is 2. The van der Waals surface area contributed by atoms with E-state index >= 15 is 0 Å². The first kappa shape index (κ1) is 16.5. The van der Waals surface area contributed by atoms with E-state index in [1.54, 1.807) is 7.11 Å². The van der Waals surface area contributed by atoms with Crippen molar-refractivity contribution in [3.05, 3.63) is 58.4 Å². The van der Waals surface area contributed by atoms with Gasteiger partial charge in [0.05, 0.1) is 18.7 Å². The van der Waals surface area contributed by atoms with Crippen molar-refractivity contribution in [3.8, 4) is 5.75 Å². The Morgan fingerprint density at radius 2 is 1.92 bits per heavy atom. The van der Waals surface area contributed by atoms with Crippen molar-refractivity contribution in [2.45, 2.75) is 26.8 Å². The molecule has 0 aliphatic heterocycles. The van der Waals surface area contributed by atoms with Gasteiger partial charge >= 0.3 is 0 Å². The summed E-state index contributed by atoms with van der Waals surface area (Å²) in [5.74, 6) is 2.33. The van der Waals surface area contributed by atoms with E-state index in [0.717, 1.165) is 44.4 Å². The van der Waals surface area contributed by atoms with E-state index < -0.39 is 0 Å². The second-order valence-corrected chi connectivity index (χ2v) is 6.32. The normalized spacial score (nSPS) is 12.2. The van der Waals surface area contributed by atoms with Crippen LogP contribution in [-0.2, 0) is 0 Å². The smallest absolute Gasteiger partial charge is 0.138 e. The first-order chi connectivity index (χ1) is 11.5. The highest BCUT2D eigenvalue weighted by Crippen LogP contribution is 2.30. The standard InChI is InChI=1S/C19H20ClN3O/c1-11-8-16(24-4)10-17-18(11)22-13(3)23-19(17)21-12(2)14-6-5-7-15(20)9-14/h5-10,12H,1-4H3,(H,21,22,23)/t12-/m1/s1. The lowest BCUT2D eigenvalue weighted by Gasteiger charge is -2.18. The maximum atomic E-state index is 6.10. The van der Waals surface area contributed by atoms with Crippen LogP contribution >= 0.6 is 11.6 Å². The number of fused-ring (bicyclic) bond motifs is 1. The van der Waals surface area contributed by atoms with Crippen LogP contribution in [0.1, 0.15) is 29.9 Å². The lowest BCUT2D eigenvalue weighted by molar-refractivity contribution is 0.415. The van der Waals surface area contributed by atoms with Crippen LogP contribution in [-0.4, -0.2) is 17.1 Å². The minimum Gasteiger partial charge on any atom is -0.497 e. The van der Waals surface area contributed by atoms with Gasteiger partial charge in [-0.1, -0.05) is 23.7 Å². The highest BCUT2D eigenvalue weighted by atomic mass is 35.5. The lowest BCUT2D eigenvalue weighted by atomic mass is 10.1. The van der Waals surface area contributed by atoms with Crippen molar-refractivity contribution in [1.29, 1.82) is 0 Å². The fourth-order valence-electron chi connectivity index (χ4n) is 2.78. The quantitative estimate of drug-likeness (QED) is 0.718. The molecule has 0 aliphatic carbocycles. The topological polar surface area (TPSA) is 47.0 Å². The largest absolute Gasteiger partial charge is 0.497 e. The monoisotopic (exact) mass is 341 g/mol. The Balaban J connectivity index is 2.06. The van der Waals surface area contributed by atoms with Gasteiger partial charge in [0, 0.05) is 10.4 Å². The van der Waals surface area contributed by atoms with Crippen LogP contribution in [0.25, 0.3) is 10.9 Å². The van der Waals surface area contributed by atoms with Crippen LogP contribution in [0.2, 0.25) is 5.02 Å². The van der Waals surface area contributed by atoms with Crippen molar-refractivity contribution in [3.63, 3.8) is 0 Å². The first-order valence-corrected chi connectivity index (χ1v) is 8.20. The second kappa shape index (κ2) is 6.65. The molecule has 1 aromatic heterocycles. The fraction of sp³-hybridized carbons (Fsp3) is 0.263. The Labute approximate surface area is 146 Å². The van der Waals surface area contributed by atoms with Gasteiger partial charge in [0.15, 0.2) is 0 Å². The number of aryl methyl sites for hydroxylation is 2. The molecule has 0 spiro atoms. The number of nitrogens with zero attached hydrogens (tertiary/aromatic N) is 2. The summed E-state index contributed by atoms with van der Waals surface area (Å²) in [6, 6.07) is 11.8. The maximum absolute atomic E-state index is 6.10. The molecule has 0 unspecified atom stereocenters.